The molecule has 20 heavy (non-hydrogen) atoms. The first-order valence-corrected chi connectivity index (χ1v) is 7.62. The van der Waals surface area contributed by atoms with Crippen LogP contribution in [0.2, 0.25) is 0 Å². The predicted molar refractivity (Wildman–Crippen MR) is 88.6 cm³/mol. The molecule has 106 valence electrons. The van der Waals surface area contributed by atoms with E-state index in [1.165, 1.54) is 16.8 Å². The van der Waals surface area contributed by atoms with Crippen molar-refractivity contribution in [2.24, 2.45) is 0 Å². The van der Waals surface area contributed by atoms with Crippen LogP contribution in [0.4, 0.5) is 5.69 Å². The second-order valence-electron chi connectivity index (χ2n) is 4.80. The van der Waals surface area contributed by atoms with Crippen molar-refractivity contribution in [2.45, 2.75) is 26.3 Å². The largest absolute Gasteiger partial charge is 0.497 e. The minimum atomic E-state index is 0.233. The molecular weight excluding hydrogens is 314 g/mol. The monoisotopic (exact) mass is 333 g/mol. The molecule has 0 aliphatic carbocycles. The molecule has 0 radical (unpaired) electrons. The number of aryl methyl sites for hydroxylation is 1. The molecule has 0 aliphatic heterocycles. The number of hydrogen-bond donors (Lipinski definition) is 1. The first-order valence-electron chi connectivity index (χ1n) is 6.83. The third-order valence-electron chi connectivity index (χ3n) is 3.41. The second-order valence-corrected chi connectivity index (χ2v) is 5.71. The summed E-state index contributed by atoms with van der Waals surface area (Å²) in [4.78, 5) is 0. The summed E-state index contributed by atoms with van der Waals surface area (Å²) in [6.45, 7) is 4.33. The smallest absolute Gasteiger partial charge is 0.119 e. The highest BCUT2D eigenvalue weighted by molar-refractivity contribution is 9.10. The van der Waals surface area contributed by atoms with Gasteiger partial charge >= 0.3 is 0 Å². The van der Waals surface area contributed by atoms with Crippen LogP contribution in [0.25, 0.3) is 0 Å². The van der Waals surface area contributed by atoms with Crippen LogP contribution in [0.5, 0.6) is 5.75 Å². The molecule has 0 amide bonds. The van der Waals surface area contributed by atoms with Crippen molar-refractivity contribution in [3.8, 4) is 5.75 Å². The highest BCUT2D eigenvalue weighted by Gasteiger charge is 2.09. The number of nitrogens with one attached hydrogen (secondary N) is 1. The predicted octanol–water partition coefficient (Wildman–Crippen LogP) is 5.19. The van der Waals surface area contributed by atoms with Gasteiger partial charge in [-0.1, -0.05) is 35.0 Å². The van der Waals surface area contributed by atoms with Gasteiger partial charge in [0.2, 0.25) is 0 Å². The number of methoxy groups -OCH3 is 1. The summed E-state index contributed by atoms with van der Waals surface area (Å²) in [5, 5.41) is 3.58. The van der Waals surface area contributed by atoms with Crippen LogP contribution in [0, 0.1) is 0 Å². The second kappa shape index (κ2) is 6.80. The normalized spacial score (nSPS) is 12.0. The van der Waals surface area contributed by atoms with E-state index in [-0.39, 0.29) is 6.04 Å². The van der Waals surface area contributed by atoms with E-state index in [0.29, 0.717) is 0 Å². The van der Waals surface area contributed by atoms with Gasteiger partial charge in [0.25, 0.3) is 0 Å². The first-order chi connectivity index (χ1) is 9.63. The van der Waals surface area contributed by atoms with Crippen LogP contribution in [-0.4, -0.2) is 7.11 Å². The maximum absolute atomic E-state index is 5.28. The van der Waals surface area contributed by atoms with Crippen molar-refractivity contribution in [1.29, 1.82) is 0 Å². The maximum Gasteiger partial charge on any atom is 0.119 e. The summed E-state index contributed by atoms with van der Waals surface area (Å²) in [5.41, 5.74) is 3.72. The molecule has 3 heteroatoms. The molecule has 0 aliphatic rings. The van der Waals surface area contributed by atoms with Gasteiger partial charge in [-0.05, 0) is 54.8 Å². The zero-order valence-corrected chi connectivity index (χ0v) is 13.7. The van der Waals surface area contributed by atoms with Crippen LogP contribution in [0.3, 0.4) is 0 Å². The molecule has 2 rings (SSSR count). The average Bonchev–Trinajstić information content (AvgIpc) is 2.49. The minimum absolute atomic E-state index is 0.233. The van der Waals surface area contributed by atoms with Gasteiger partial charge in [-0.3, -0.25) is 0 Å². The molecule has 0 saturated heterocycles. The number of benzene rings is 2. The lowest BCUT2D eigenvalue weighted by Gasteiger charge is -2.19. The van der Waals surface area contributed by atoms with Gasteiger partial charge in [-0.25, -0.2) is 0 Å². The highest BCUT2D eigenvalue weighted by Crippen LogP contribution is 2.27. The quantitative estimate of drug-likeness (QED) is 0.812. The molecule has 0 fully saturated rings. The Morgan fingerprint density at radius 1 is 1.20 bits per heavy atom. The van der Waals surface area contributed by atoms with E-state index in [4.69, 9.17) is 4.74 Å². The summed E-state index contributed by atoms with van der Waals surface area (Å²) in [7, 11) is 1.70. The lowest BCUT2D eigenvalue weighted by atomic mass is 10.1. The Hall–Kier alpha value is -1.48. The average molecular weight is 334 g/mol. The summed E-state index contributed by atoms with van der Waals surface area (Å²) >= 11 is 3.52. The Kier molecular flexibility index (Phi) is 5.07. The van der Waals surface area contributed by atoms with Crippen molar-refractivity contribution in [1.82, 2.24) is 0 Å². The fourth-order valence-corrected chi connectivity index (χ4v) is 2.63. The van der Waals surface area contributed by atoms with Crippen molar-refractivity contribution in [3.63, 3.8) is 0 Å². The summed E-state index contributed by atoms with van der Waals surface area (Å²) in [5.74, 6) is 0.891. The maximum atomic E-state index is 5.28. The van der Waals surface area contributed by atoms with E-state index >= 15 is 0 Å². The van der Waals surface area contributed by atoms with E-state index in [9.17, 15) is 0 Å². The van der Waals surface area contributed by atoms with Gasteiger partial charge in [0.1, 0.15) is 5.75 Å². The zero-order chi connectivity index (χ0) is 14.5. The molecule has 1 unspecified atom stereocenters. The Labute approximate surface area is 129 Å². The lowest BCUT2D eigenvalue weighted by molar-refractivity contribution is 0.414. The molecule has 0 heterocycles. The number of hydrogen-bond acceptors (Lipinski definition) is 2. The van der Waals surface area contributed by atoms with Gasteiger partial charge < -0.3 is 10.1 Å². The van der Waals surface area contributed by atoms with Gasteiger partial charge in [0.05, 0.1) is 7.11 Å². The summed E-state index contributed by atoms with van der Waals surface area (Å²) in [6.07, 6.45) is 1.01. The van der Waals surface area contributed by atoms with Gasteiger partial charge in [0.15, 0.2) is 0 Å². The van der Waals surface area contributed by atoms with Crippen molar-refractivity contribution in [3.05, 3.63) is 58.1 Å². The van der Waals surface area contributed by atoms with Crippen LogP contribution in [0.1, 0.15) is 31.0 Å². The van der Waals surface area contributed by atoms with E-state index in [1.807, 2.05) is 12.1 Å². The summed E-state index contributed by atoms with van der Waals surface area (Å²) < 4.78 is 6.40. The van der Waals surface area contributed by atoms with Crippen LogP contribution >= 0.6 is 15.9 Å². The molecule has 2 aromatic carbocycles. The fourth-order valence-electron chi connectivity index (χ4n) is 2.22. The van der Waals surface area contributed by atoms with Crippen LogP contribution < -0.4 is 10.1 Å². The molecule has 2 nitrogen and oxygen atoms in total. The topological polar surface area (TPSA) is 21.3 Å². The summed E-state index contributed by atoms with van der Waals surface area (Å²) in [6, 6.07) is 14.8. The van der Waals surface area contributed by atoms with Crippen molar-refractivity contribution < 1.29 is 4.74 Å². The van der Waals surface area contributed by atoms with Gasteiger partial charge in [0, 0.05) is 16.2 Å². The molecule has 0 saturated carbocycles. The molecule has 1 N–H and O–H groups in total. The zero-order valence-electron chi connectivity index (χ0n) is 12.1. The Morgan fingerprint density at radius 2 is 2.00 bits per heavy atom. The van der Waals surface area contributed by atoms with Crippen LogP contribution in [0.15, 0.2) is 46.9 Å². The van der Waals surface area contributed by atoms with E-state index in [1.54, 1.807) is 7.11 Å². The van der Waals surface area contributed by atoms with E-state index in [2.05, 4.69) is 65.4 Å². The number of ether oxygens (including phenoxy) is 1. The number of halogens is 1. The van der Waals surface area contributed by atoms with Gasteiger partial charge in [-0.15, -0.1) is 0 Å². The van der Waals surface area contributed by atoms with Crippen molar-refractivity contribution >= 4 is 21.6 Å². The molecule has 2 aromatic rings. The Morgan fingerprint density at radius 3 is 2.70 bits per heavy atom. The highest BCUT2D eigenvalue weighted by atomic mass is 79.9. The molecule has 0 spiro atoms. The van der Waals surface area contributed by atoms with Crippen molar-refractivity contribution in [2.75, 3.05) is 12.4 Å². The number of rotatable bonds is 5. The Bertz CT molecular complexity index is 583. The fraction of sp³-hybridized carbons (Fsp3) is 0.294. The standard InChI is InChI=1S/C17H20BrNO/c1-4-13-10-15(18)8-9-17(13)19-12(2)14-6-5-7-16(11-14)20-3/h5-12,19H,4H2,1-3H3. The minimum Gasteiger partial charge on any atom is -0.497 e. The molecule has 1 atom stereocenters. The van der Waals surface area contributed by atoms with E-state index < -0.39 is 0 Å². The van der Waals surface area contributed by atoms with Gasteiger partial charge in [-0.2, -0.15) is 0 Å². The van der Waals surface area contributed by atoms with Crippen LogP contribution in [-0.2, 0) is 6.42 Å². The Balaban J connectivity index is 2.20. The molecule has 0 aromatic heterocycles. The third-order valence-corrected chi connectivity index (χ3v) is 3.91. The molecular formula is C17H20BrNO. The first kappa shape index (κ1) is 14.9. The number of anilines is 1. The van der Waals surface area contributed by atoms with E-state index in [0.717, 1.165) is 16.6 Å². The third kappa shape index (κ3) is 3.54. The molecule has 0 bridgehead atoms. The lowest BCUT2D eigenvalue weighted by Crippen LogP contribution is -2.08. The SMILES string of the molecule is CCc1cc(Br)ccc1NC(C)c1cccc(OC)c1.